The van der Waals surface area contributed by atoms with Crippen molar-refractivity contribution < 1.29 is 14.2 Å². The van der Waals surface area contributed by atoms with Gasteiger partial charge in [0, 0.05) is 19.0 Å². The fraction of sp³-hybridized carbons (Fsp3) is 0.600. The molecule has 0 amide bonds. The summed E-state index contributed by atoms with van der Waals surface area (Å²) in [4.78, 5) is 0. The van der Waals surface area contributed by atoms with Gasteiger partial charge >= 0.3 is 0 Å². The Bertz CT molecular complexity index is 470. The summed E-state index contributed by atoms with van der Waals surface area (Å²) in [6, 6.07) is 4.61. The molecule has 110 valence electrons. The van der Waals surface area contributed by atoms with Gasteiger partial charge in [0.25, 0.3) is 0 Å². The molecule has 0 spiro atoms. The van der Waals surface area contributed by atoms with Crippen LogP contribution in [0.15, 0.2) is 12.1 Å². The van der Waals surface area contributed by atoms with E-state index in [2.05, 4.69) is 5.32 Å². The maximum Gasteiger partial charge on any atom is 0.180 e. The fourth-order valence-electron chi connectivity index (χ4n) is 2.31. The highest BCUT2D eigenvalue weighted by Crippen LogP contribution is 2.38. The molecule has 1 atom stereocenters. The highest BCUT2D eigenvalue weighted by molar-refractivity contribution is 6.32. The van der Waals surface area contributed by atoms with E-state index < -0.39 is 0 Å². The van der Waals surface area contributed by atoms with E-state index >= 15 is 0 Å². The van der Waals surface area contributed by atoms with Gasteiger partial charge in [-0.15, -0.1) is 0 Å². The number of methoxy groups -OCH3 is 1. The summed E-state index contributed by atoms with van der Waals surface area (Å²) in [5.74, 6) is 1.32. The predicted octanol–water partition coefficient (Wildman–Crippen LogP) is 2.77. The van der Waals surface area contributed by atoms with Gasteiger partial charge in [0.05, 0.1) is 25.3 Å². The van der Waals surface area contributed by atoms with E-state index in [0.717, 1.165) is 25.1 Å². The van der Waals surface area contributed by atoms with Crippen LogP contribution in [0.5, 0.6) is 11.5 Å². The molecule has 1 heterocycles. The second kappa shape index (κ2) is 6.20. The molecule has 1 N–H and O–H groups in total. The standard InChI is InChI=1S/C15H20ClNO3/c1-18-14-7-10(8-17-11-2-3-11)6-13(16)15(14)20-12-4-5-19-9-12/h6-7,11-12,17H,2-5,8-9H2,1H3. The molecule has 3 rings (SSSR count). The molecule has 20 heavy (non-hydrogen) atoms. The van der Waals surface area contributed by atoms with Crippen molar-refractivity contribution in [3.05, 3.63) is 22.7 Å². The Kier molecular flexibility index (Phi) is 4.34. The highest BCUT2D eigenvalue weighted by atomic mass is 35.5. The molecule has 1 unspecified atom stereocenters. The van der Waals surface area contributed by atoms with Crippen LogP contribution in [0.4, 0.5) is 0 Å². The number of ether oxygens (including phenoxy) is 3. The molecule has 2 fully saturated rings. The first-order valence-electron chi connectivity index (χ1n) is 7.10. The topological polar surface area (TPSA) is 39.7 Å². The third kappa shape index (κ3) is 3.37. The van der Waals surface area contributed by atoms with Gasteiger partial charge in [0.15, 0.2) is 11.5 Å². The lowest BCUT2D eigenvalue weighted by molar-refractivity contribution is 0.138. The molecule has 5 heteroatoms. The van der Waals surface area contributed by atoms with E-state index in [-0.39, 0.29) is 6.10 Å². The van der Waals surface area contributed by atoms with Crippen LogP contribution in [0.2, 0.25) is 5.02 Å². The molecule has 1 saturated heterocycles. The van der Waals surface area contributed by atoms with Gasteiger partial charge in [-0.05, 0) is 30.5 Å². The Morgan fingerprint density at radius 3 is 2.85 bits per heavy atom. The molecule has 1 aromatic rings. The Morgan fingerprint density at radius 2 is 2.20 bits per heavy atom. The number of hydrogen-bond donors (Lipinski definition) is 1. The molecule has 4 nitrogen and oxygen atoms in total. The quantitative estimate of drug-likeness (QED) is 0.876. The number of nitrogens with one attached hydrogen (secondary N) is 1. The number of hydrogen-bond acceptors (Lipinski definition) is 4. The lowest BCUT2D eigenvalue weighted by Gasteiger charge is -2.17. The molecule has 0 bridgehead atoms. The van der Waals surface area contributed by atoms with Crippen LogP contribution < -0.4 is 14.8 Å². The molecule has 1 aromatic carbocycles. The summed E-state index contributed by atoms with van der Waals surface area (Å²) in [5.41, 5.74) is 1.12. The van der Waals surface area contributed by atoms with Crippen LogP contribution in [0.25, 0.3) is 0 Å². The SMILES string of the molecule is COc1cc(CNC2CC2)cc(Cl)c1OC1CCOC1. The Morgan fingerprint density at radius 1 is 1.35 bits per heavy atom. The van der Waals surface area contributed by atoms with E-state index in [4.69, 9.17) is 25.8 Å². The smallest absolute Gasteiger partial charge is 0.180 e. The first kappa shape index (κ1) is 14.0. The fourth-order valence-corrected chi connectivity index (χ4v) is 2.59. The maximum atomic E-state index is 6.35. The maximum absolute atomic E-state index is 6.35. The van der Waals surface area contributed by atoms with Crippen molar-refractivity contribution >= 4 is 11.6 Å². The van der Waals surface area contributed by atoms with Crippen molar-refractivity contribution in [3.8, 4) is 11.5 Å². The predicted molar refractivity (Wildman–Crippen MR) is 77.7 cm³/mol. The van der Waals surface area contributed by atoms with E-state index in [9.17, 15) is 0 Å². The molecular weight excluding hydrogens is 278 g/mol. The van der Waals surface area contributed by atoms with Gasteiger partial charge in [0.2, 0.25) is 0 Å². The Balaban J connectivity index is 1.73. The van der Waals surface area contributed by atoms with E-state index in [1.807, 2.05) is 12.1 Å². The Hall–Kier alpha value is -0.970. The summed E-state index contributed by atoms with van der Waals surface area (Å²) in [6.07, 6.45) is 3.50. The third-order valence-electron chi connectivity index (χ3n) is 3.63. The van der Waals surface area contributed by atoms with E-state index in [1.54, 1.807) is 7.11 Å². The van der Waals surface area contributed by atoms with Crippen LogP contribution >= 0.6 is 11.6 Å². The summed E-state index contributed by atoms with van der Waals surface area (Å²) in [6.45, 7) is 2.17. The minimum absolute atomic E-state index is 0.0665. The summed E-state index contributed by atoms with van der Waals surface area (Å²) >= 11 is 6.35. The van der Waals surface area contributed by atoms with Crippen molar-refractivity contribution in [2.45, 2.75) is 38.0 Å². The van der Waals surface area contributed by atoms with Gasteiger partial charge < -0.3 is 19.5 Å². The molecule has 1 saturated carbocycles. The van der Waals surface area contributed by atoms with E-state index in [0.29, 0.717) is 29.2 Å². The molecule has 1 aliphatic heterocycles. The lowest BCUT2D eigenvalue weighted by Crippen LogP contribution is -2.17. The van der Waals surface area contributed by atoms with Crippen LogP contribution in [0.3, 0.4) is 0 Å². The molecule has 0 radical (unpaired) electrons. The second-order valence-corrected chi connectivity index (χ2v) is 5.77. The first-order chi connectivity index (χ1) is 9.76. The van der Waals surface area contributed by atoms with Crippen molar-refractivity contribution in [2.24, 2.45) is 0 Å². The lowest BCUT2D eigenvalue weighted by atomic mass is 10.2. The first-order valence-corrected chi connectivity index (χ1v) is 7.48. The van der Waals surface area contributed by atoms with Gasteiger partial charge in [-0.1, -0.05) is 11.6 Å². The van der Waals surface area contributed by atoms with Gasteiger partial charge in [-0.2, -0.15) is 0 Å². The van der Waals surface area contributed by atoms with Crippen LogP contribution in [0.1, 0.15) is 24.8 Å². The summed E-state index contributed by atoms with van der Waals surface area (Å²) in [7, 11) is 1.64. The Labute approximate surface area is 124 Å². The molecule has 2 aliphatic rings. The monoisotopic (exact) mass is 297 g/mol. The number of benzene rings is 1. The number of halogens is 1. The van der Waals surface area contributed by atoms with Crippen molar-refractivity contribution in [2.75, 3.05) is 20.3 Å². The molecule has 1 aliphatic carbocycles. The minimum atomic E-state index is 0.0665. The molecule has 0 aromatic heterocycles. The van der Waals surface area contributed by atoms with Crippen molar-refractivity contribution in [3.63, 3.8) is 0 Å². The van der Waals surface area contributed by atoms with E-state index in [1.165, 1.54) is 12.8 Å². The normalized spacial score (nSPS) is 22.0. The zero-order valence-corrected chi connectivity index (χ0v) is 12.4. The minimum Gasteiger partial charge on any atom is -0.493 e. The van der Waals surface area contributed by atoms with Crippen LogP contribution in [-0.2, 0) is 11.3 Å². The van der Waals surface area contributed by atoms with Gasteiger partial charge in [0.1, 0.15) is 6.10 Å². The van der Waals surface area contributed by atoms with Crippen molar-refractivity contribution in [1.82, 2.24) is 5.32 Å². The second-order valence-electron chi connectivity index (χ2n) is 5.37. The average Bonchev–Trinajstić information content (AvgIpc) is 3.14. The summed E-state index contributed by atoms with van der Waals surface area (Å²) in [5, 5.41) is 4.07. The summed E-state index contributed by atoms with van der Waals surface area (Å²) < 4.78 is 16.7. The average molecular weight is 298 g/mol. The van der Waals surface area contributed by atoms with Crippen molar-refractivity contribution in [1.29, 1.82) is 0 Å². The van der Waals surface area contributed by atoms with Crippen LogP contribution in [0, 0.1) is 0 Å². The number of rotatable bonds is 6. The molecular formula is C15H20ClNO3. The third-order valence-corrected chi connectivity index (χ3v) is 3.91. The zero-order valence-electron chi connectivity index (χ0n) is 11.7. The highest BCUT2D eigenvalue weighted by Gasteiger charge is 2.23. The largest absolute Gasteiger partial charge is 0.493 e. The van der Waals surface area contributed by atoms with Gasteiger partial charge in [-0.3, -0.25) is 0 Å². The van der Waals surface area contributed by atoms with Crippen LogP contribution in [-0.4, -0.2) is 32.5 Å². The zero-order chi connectivity index (χ0) is 13.9. The van der Waals surface area contributed by atoms with Gasteiger partial charge in [-0.25, -0.2) is 0 Å².